The zero-order valence-corrected chi connectivity index (χ0v) is 16.6. The smallest absolute Gasteiger partial charge is 0.273 e. The molecule has 8 heteroatoms. The minimum atomic E-state index is -1.04. The van der Waals surface area contributed by atoms with E-state index in [-0.39, 0.29) is 17.8 Å². The van der Waals surface area contributed by atoms with Crippen LogP contribution in [0.25, 0.3) is 11.3 Å². The van der Waals surface area contributed by atoms with Crippen molar-refractivity contribution < 1.29 is 18.8 Å². The SMILES string of the molecule is CC(=O)C(=O)C(Cc1ccccc1)NC(=O)c1nsnc1-c1cccc(F)c1C. The summed E-state index contributed by atoms with van der Waals surface area (Å²) in [7, 11) is 0. The van der Waals surface area contributed by atoms with Crippen molar-refractivity contribution in [1.82, 2.24) is 14.1 Å². The van der Waals surface area contributed by atoms with Crippen LogP contribution in [0.3, 0.4) is 0 Å². The Bertz CT molecular complexity index is 1070. The Morgan fingerprint density at radius 1 is 1.07 bits per heavy atom. The second kappa shape index (κ2) is 8.83. The van der Waals surface area contributed by atoms with Crippen molar-refractivity contribution in [3.05, 3.63) is 71.2 Å². The van der Waals surface area contributed by atoms with Gasteiger partial charge in [0.25, 0.3) is 5.91 Å². The zero-order valence-electron chi connectivity index (χ0n) is 15.8. The predicted molar refractivity (Wildman–Crippen MR) is 107 cm³/mol. The molecule has 0 fully saturated rings. The number of Topliss-reactive ketones (excluding diaryl/α,β-unsaturated/α-hetero) is 2. The summed E-state index contributed by atoms with van der Waals surface area (Å²) in [5.41, 5.74) is 1.80. The van der Waals surface area contributed by atoms with E-state index in [2.05, 4.69) is 14.1 Å². The molecule has 1 aromatic heterocycles. The number of amides is 1. The first-order valence-corrected chi connectivity index (χ1v) is 9.59. The average Bonchev–Trinajstić information content (AvgIpc) is 3.19. The Labute approximate surface area is 171 Å². The molecule has 0 spiro atoms. The third kappa shape index (κ3) is 4.60. The Balaban J connectivity index is 1.89. The summed E-state index contributed by atoms with van der Waals surface area (Å²) in [6.07, 6.45) is 0.164. The highest BCUT2D eigenvalue weighted by molar-refractivity contribution is 6.99. The second-order valence-electron chi connectivity index (χ2n) is 6.51. The summed E-state index contributed by atoms with van der Waals surface area (Å²) >= 11 is 0.815. The van der Waals surface area contributed by atoms with Crippen LogP contribution in [-0.2, 0) is 16.0 Å². The monoisotopic (exact) mass is 411 g/mol. The highest BCUT2D eigenvalue weighted by Crippen LogP contribution is 2.27. The van der Waals surface area contributed by atoms with Crippen LogP contribution < -0.4 is 5.32 Å². The Morgan fingerprint density at radius 3 is 2.48 bits per heavy atom. The van der Waals surface area contributed by atoms with Gasteiger partial charge in [-0.3, -0.25) is 14.4 Å². The second-order valence-corrected chi connectivity index (χ2v) is 7.04. The molecule has 1 N–H and O–H groups in total. The minimum absolute atomic E-state index is 0.0156. The van der Waals surface area contributed by atoms with E-state index in [0.717, 1.165) is 17.3 Å². The van der Waals surface area contributed by atoms with E-state index < -0.39 is 29.3 Å². The van der Waals surface area contributed by atoms with Crippen molar-refractivity contribution in [1.29, 1.82) is 0 Å². The number of rotatable bonds is 7. The number of aromatic nitrogens is 2. The fraction of sp³-hybridized carbons (Fsp3) is 0.190. The number of halogens is 1. The Kier molecular flexibility index (Phi) is 6.23. The molecule has 0 bridgehead atoms. The van der Waals surface area contributed by atoms with Crippen LogP contribution in [0.1, 0.15) is 28.5 Å². The number of nitrogens with one attached hydrogen (secondary N) is 1. The lowest BCUT2D eigenvalue weighted by molar-refractivity contribution is -0.136. The largest absolute Gasteiger partial charge is 0.340 e. The van der Waals surface area contributed by atoms with Crippen LogP contribution in [0, 0.1) is 12.7 Å². The summed E-state index contributed by atoms with van der Waals surface area (Å²) in [6.45, 7) is 2.75. The molecule has 1 atom stereocenters. The lowest BCUT2D eigenvalue weighted by Crippen LogP contribution is -2.45. The van der Waals surface area contributed by atoms with Crippen LogP contribution in [0.15, 0.2) is 48.5 Å². The van der Waals surface area contributed by atoms with E-state index in [1.807, 2.05) is 18.2 Å². The molecule has 0 saturated heterocycles. The number of hydrogen-bond donors (Lipinski definition) is 1. The summed E-state index contributed by atoms with van der Waals surface area (Å²) in [5.74, 6) is -2.42. The third-order valence-electron chi connectivity index (χ3n) is 4.48. The van der Waals surface area contributed by atoms with Gasteiger partial charge in [0.2, 0.25) is 5.78 Å². The van der Waals surface area contributed by atoms with Crippen LogP contribution >= 0.6 is 11.7 Å². The highest BCUT2D eigenvalue weighted by atomic mass is 32.1. The van der Waals surface area contributed by atoms with Gasteiger partial charge in [0, 0.05) is 18.9 Å². The first-order valence-electron chi connectivity index (χ1n) is 8.86. The van der Waals surface area contributed by atoms with Crippen molar-refractivity contribution in [3.63, 3.8) is 0 Å². The fourth-order valence-corrected chi connectivity index (χ4v) is 3.47. The van der Waals surface area contributed by atoms with Gasteiger partial charge in [0.15, 0.2) is 11.5 Å². The Morgan fingerprint density at radius 2 is 1.79 bits per heavy atom. The Hall–Kier alpha value is -3.26. The topological polar surface area (TPSA) is 89.0 Å². The quantitative estimate of drug-likeness (QED) is 0.604. The van der Waals surface area contributed by atoms with Gasteiger partial charge in [-0.15, -0.1) is 0 Å². The summed E-state index contributed by atoms with van der Waals surface area (Å²) in [4.78, 5) is 36.9. The number of ketones is 2. The lowest BCUT2D eigenvalue weighted by atomic mass is 9.99. The average molecular weight is 411 g/mol. The van der Waals surface area contributed by atoms with Gasteiger partial charge in [-0.2, -0.15) is 8.75 Å². The van der Waals surface area contributed by atoms with Crippen LogP contribution in [0.5, 0.6) is 0 Å². The van der Waals surface area contributed by atoms with Gasteiger partial charge in [0.05, 0.1) is 17.8 Å². The van der Waals surface area contributed by atoms with Crippen LogP contribution in [0.2, 0.25) is 0 Å². The van der Waals surface area contributed by atoms with Crippen LogP contribution in [-0.4, -0.2) is 32.3 Å². The first-order chi connectivity index (χ1) is 13.9. The van der Waals surface area contributed by atoms with Gasteiger partial charge in [-0.05, 0) is 24.1 Å². The number of hydrogen-bond acceptors (Lipinski definition) is 6. The standard InChI is InChI=1S/C21H18FN3O3S/c1-12-15(9-6-10-16(12)22)18-19(25-29-24-18)21(28)23-17(20(27)13(2)26)11-14-7-4-3-5-8-14/h3-10,17H,11H2,1-2H3,(H,23,28). The highest BCUT2D eigenvalue weighted by Gasteiger charge is 2.28. The van der Waals surface area contributed by atoms with E-state index in [9.17, 15) is 18.8 Å². The normalized spacial score (nSPS) is 11.7. The molecular weight excluding hydrogens is 393 g/mol. The molecular formula is C21H18FN3O3S. The van der Waals surface area contributed by atoms with E-state index in [4.69, 9.17) is 0 Å². The number of nitrogens with zero attached hydrogens (tertiary/aromatic N) is 2. The first kappa shape index (κ1) is 20.5. The van der Waals surface area contributed by atoms with E-state index in [1.165, 1.54) is 19.1 Å². The van der Waals surface area contributed by atoms with E-state index in [1.54, 1.807) is 25.1 Å². The summed E-state index contributed by atoms with van der Waals surface area (Å²) < 4.78 is 22.1. The zero-order chi connectivity index (χ0) is 21.0. The minimum Gasteiger partial charge on any atom is -0.340 e. The number of carbonyl (C=O) groups is 3. The van der Waals surface area contributed by atoms with Gasteiger partial charge in [-0.1, -0.05) is 42.5 Å². The van der Waals surface area contributed by atoms with Crippen molar-refractivity contribution in [2.75, 3.05) is 0 Å². The predicted octanol–water partition coefficient (Wildman–Crippen LogP) is 3.15. The van der Waals surface area contributed by atoms with Crippen LogP contribution in [0.4, 0.5) is 4.39 Å². The maximum absolute atomic E-state index is 13.9. The molecule has 0 radical (unpaired) electrons. The van der Waals surface area contributed by atoms with Gasteiger partial charge in [-0.25, -0.2) is 4.39 Å². The third-order valence-corrected chi connectivity index (χ3v) is 5.01. The molecule has 1 heterocycles. The lowest BCUT2D eigenvalue weighted by Gasteiger charge is -2.16. The maximum atomic E-state index is 13.9. The summed E-state index contributed by atoms with van der Waals surface area (Å²) in [5, 5.41) is 2.59. The van der Waals surface area contributed by atoms with E-state index in [0.29, 0.717) is 11.1 Å². The van der Waals surface area contributed by atoms with Crippen molar-refractivity contribution in [2.24, 2.45) is 0 Å². The summed E-state index contributed by atoms with van der Waals surface area (Å²) in [6, 6.07) is 12.5. The number of carbonyl (C=O) groups excluding carboxylic acids is 3. The molecule has 2 aromatic carbocycles. The van der Waals surface area contributed by atoms with Gasteiger partial charge >= 0.3 is 0 Å². The molecule has 1 unspecified atom stereocenters. The molecule has 0 aliphatic heterocycles. The van der Waals surface area contributed by atoms with Crippen molar-refractivity contribution >= 4 is 29.2 Å². The molecule has 148 valence electrons. The van der Waals surface area contributed by atoms with Gasteiger partial charge < -0.3 is 5.32 Å². The fourth-order valence-electron chi connectivity index (χ4n) is 2.91. The molecule has 0 aliphatic carbocycles. The van der Waals surface area contributed by atoms with E-state index >= 15 is 0 Å². The molecule has 1 amide bonds. The van der Waals surface area contributed by atoms with Gasteiger partial charge in [0.1, 0.15) is 11.5 Å². The van der Waals surface area contributed by atoms with Crippen molar-refractivity contribution in [3.8, 4) is 11.3 Å². The molecule has 29 heavy (non-hydrogen) atoms. The molecule has 3 rings (SSSR count). The molecule has 3 aromatic rings. The molecule has 0 aliphatic rings. The number of benzene rings is 2. The molecule has 6 nitrogen and oxygen atoms in total. The maximum Gasteiger partial charge on any atom is 0.273 e. The molecule has 0 saturated carbocycles. The van der Waals surface area contributed by atoms with Crippen molar-refractivity contribution in [2.45, 2.75) is 26.3 Å².